The number of para-hydroxylation sites is 1. The molecule has 0 atom stereocenters. The van der Waals surface area contributed by atoms with Crippen LogP contribution in [0.15, 0.2) is 54.6 Å². The normalized spacial score (nSPS) is 11.3. The van der Waals surface area contributed by atoms with E-state index in [2.05, 4.69) is 16.1 Å². The Labute approximate surface area is 172 Å². The van der Waals surface area contributed by atoms with E-state index in [1.165, 1.54) is 13.2 Å². The monoisotopic (exact) mass is 395 g/mol. The molecule has 0 fully saturated rings. The first-order valence-electron chi connectivity index (χ1n) is 9.65. The van der Waals surface area contributed by atoms with Gasteiger partial charge in [0.05, 0.1) is 7.11 Å². The second-order valence-electron chi connectivity index (χ2n) is 7.70. The van der Waals surface area contributed by atoms with Crippen LogP contribution in [0, 0.1) is 0 Å². The van der Waals surface area contributed by atoms with E-state index in [0.29, 0.717) is 19.4 Å². The maximum Gasteiger partial charge on any atom is 0.330 e. The molecule has 0 amide bonds. The van der Waals surface area contributed by atoms with Crippen molar-refractivity contribution in [2.75, 3.05) is 12.4 Å². The van der Waals surface area contributed by atoms with Crippen LogP contribution in [0.4, 0.5) is 5.69 Å². The number of hydrogen-bond acceptors (Lipinski definition) is 5. The fourth-order valence-corrected chi connectivity index (χ4v) is 2.76. The maximum absolute atomic E-state index is 11.9. The number of carbonyl (C=O) groups is 2. The van der Waals surface area contributed by atoms with Crippen molar-refractivity contribution in [1.82, 2.24) is 0 Å². The van der Waals surface area contributed by atoms with Gasteiger partial charge in [-0.1, -0.05) is 42.5 Å². The number of anilines is 1. The van der Waals surface area contributed by atoms with Crippen molar-refractivity contribution >= 4 is 23.7 Å². The minimum absolute atomic E-state index is 0.188. The summed E-state index contributed by atoms with van der Waals surface area (Å²) in [6.45, 7) is 6.24. The molecular weight excluding hydrogens is 366 g/mol. The van der Waals surface area contributed by atoms with Crippen LogP contribution in [-0.4, -0.2) is 24.6 Å². The zero-order valence-corrected chi connectivity index (χ0v) is 17.5. The fourth-order valence-electron chi connectivity index (χ4n) is 2.76. The van der Waals surface area contributed by atoms with Crippen molar-refractivity contribution in [3.05, 3.63) is 71.3 Å². The van der Waals surface area contributed by atoms with Gasteiger partial charge in [-0.05, 0) is 56.0 Å². The summed E-state index contributed by atoms with van der Waals surface area (Å²) in [6, 6.07) is 15.9. The van der Waals surface area contributed by atoms with Crippen molar-refractivity contribution in [1.29, 1.82) is 0 Å². The molecule has 0 aliphatic heterocycles. The third-order valence-corrected chi connectivity index (χ3v) is 4.07. The predicted molar refractivity (Wildman–Crippen MR) is 115 cm³/mol. The highest BCUT2D eigenvalue weighted by atomic mass is 16.6. The number of benzene rings is 2. The molecule has 29 heavy (non-hydrogen) atoms. The van der Waals surface area contributed by atoms with Gasteiger partial charge in [0.2, 0.25) is 0 Å². The van der Waals surface area contributed by atoms with Crippen molar-refractivity contribution < 1.29 is 19.1 Å². The van der Waals surface area contributed by atoms with Gasteiger partial charge in [-0.3, -0.25) is 4.79 Å². The molecule has 0 saturated carbocycles. The molecule has 0 radical (unpaired) electrons. The molecule has 5 nitrogen and oxygen atoms in total. The first-order chi connectivity index (χ1) is 13.8. The van der Waals surface area contributed by atoms with Crippen LogP contribution >= 0.6 is 0 Å². The summed E-state index contributed by atoms with van der Waals surface area (Å²) in [6.07, 6.45) is 4.12. The third kappa shape index (κ3) is 8.21. The van der Waals surface area contributed by atoms with E-state index in [1.807, 2.05) is 63.2 Å². The molecule has 0 bridgehead atoms. The summed E-state index contributed by atoms with van der Waals surface area (Å²) in [7, 11) is 1.35. The van der Waals surface area contributed by atoms with Crippen LogP contribution in [0.1, 0.15) is 43.9 Å². The summed E-state index contributed by atoms with van der Waals surface area (Å²) in [4.78, 5) is 23.3. The highest BCUT2D eigenvalue weighted by molar-refractivity contribution is 5.88. The van der Waals surface area contributed by atoms with E-state index in [9.17, 15) is 9.59 Å². The number of esters is 2. The summed E-state index contributed by atoms with van der Waals surface area (Å²) < 4.78 is 10.0. The second kappa shape index (κ2) is 10.5. The van der Waals surface area contributed by atoms with Crippen LogP contribution in [0.25, 0.3) is 6.08 Å². The number of aryl methyl sites for hydroxylation is 1. The van der Waals surface area contributed by atoms with Crippen LogP contribution in [0.3, 0.4) is 0 Å². The van der Waals surface area contributed by atoms with Crippen molar-refractivity contribution in [2.24, 2.45) is 0 Å². The van der Waals surface area contributed by atoms with E-state index < -0.39 is 11.6 Å². The maximum atomic E-state index is 11.9. The van der Waals surface area contributed by atoms with Crippen LogP contribution in [0.2, 0.25) is 0 Å². The summed E-state index contributed by atoms with van der Waals surface area (Å²) in [5, 5.41) is 3.40. The lowest BCUT2D eigenvalue weighted by atomic mass is 10.1. The quantitative estimate of drug-likeness (QED) is 0.516. The minimum Gasteiger partial charge on any atom is -0.466 e. The van der Waals surface area contributed by atoms with Gasteiger partial charge in [0.25, 0.3) is 0 Å². The molecule has 2 rings (SSSR count). The lowest BCUT2D eigenvalue weighted by Gasteiger charge is -2.19. The zero-order valence-electron chi connectivity index (χ0n) is 17.5. The molecule has 5 heteroatoms. The largest absolute Gasteiger partial charge is 0.466 e. The standard InChI is InChI=1S/C24H29NO4/c1-24(2,3)29-23(27)14-12-18-8-7-9-19(16-18)17-25-21-11-6-5-10-20(21)13-15-22(26)28-4/h5-11,13,15-16,25H,12,14,17H2,1-4H3/b15-13+. The highest BCUT2D eigenvalue weighted by Crippen LogP contribution is 2.18. The first kappa shape index (κ1) is 22.2. The van der Waals surface area contributed by atoms with E-state index in [-0.39, 0.29) is 5.97 Å². The molecule has 0 aliphatic rings. The number of methoxy groups -OCH3 is 1. The van der Waals surface area contributed by atoms with Crippen molar-refractivity contribution in [2.45, 2.75) is 45.8 Å². The van der Waals surface area contributed by atoms with Gasteiger partial charge < -0.3 is 14.8 Å². The Morgan fingerprint density at radius 1 is 1.03 bits per heavy atom. The molecule has 0 aliphatic carbocycles. The average Bonchev–Trinajstić information content (AvgIpc) is 2.68. The second-order valence-corrected chi connectivity index (χ2v) is 7.70. The van der Waals surface area contributed by atoms with E-state index in [1.54, 1.807) is 6.08 Å². The van der Waals surface area contributed by atoms with Gasteiger partial charge in [-0.25, -0.2) is 4.79 Å². The summed E-state index contributed by atoms with van der Waals surface area (Å²) in [5.41, 5.74) is 3.57. The van der Waals surface area contributed by atoms with Gasteiger partial charge in [0.15, 0.2) is 0 Å². The number of nitrogens with one attached hydrogen (secondary N) is 1. The Kier molecular flexibility index (Phi) is 8.01. The number of hydrogen-bond donors (Lipinski definition) is 1. The number of ether oxygens (including phenoxy) is 2. The van der Waals surface area contributed by atoms with E-state index in [4.69, 9.17) is 4.74 Å². The van der Waals surface area contributed by atoms with Gasteiger partial charge >= 0.3 is 11.9 Å². The van der Waals surface area contributed by atoms with Crippen LogP contribution in [0.5, 0.6) is 0 Å². The van der Waals surface area contributed by atoms with Gasteiger partial charge in [0.1, 0.15) is 5.60 Å². The Balaban J connectivity index is 1.97. The zero-order chi connectivity index (χ0) is 21.3. The van der Waals surface area contributed by atoms with Crippen LogP contribution < -0.4 is 5.32 Å². The smallest absolute Gasteiger partial charge is 0.330 e. The van der Waals surface area contributed by atoms with Crippen molar-refractivity contribution in [3.63, 3.8) is 0 Å². The molecule has 2 aromatic carbocycles. The van der Waals surface area contributed by atoms with E-state index >= 15 is 0 Å². The number of rotatable bonds is 8. The molecule has 154 valence electrons. The average molecular weight is 395 g/mol. The van der Waals surface area contributed by atoms with E-state index in [0.717, 1.165) is 22.4 Å². The van der Waals surface area contributed by atoms with Crippen molar-refractivity contribution in [3.8, 4) is 0 Å². The first-order valence-corrected chi connectivity index (χ1v) is 9.65. The topological polar surface area (TPSA) is 64.6 Å². The number of carbonyl (C=O) groups excluding carboxylic acids is 2. The fraction of sp³-hybridized carbons (Fsp3) is 0.333. The molecule has 2 aromatic rings. The summed E-state index contributed by atoms with van der Waals surface area (Å²) >= 11 is 0. The molecule has 0 unspecified atom stereocenters. The SMILES string of the molecule is COC(=O)/C=C/c1ccccc1NCc1cccc(CCC(=O)OC(C)(C)C)c1. The van der Waals surface area contributed by atoms with Gasteiger partial charge in [-0.15, -0.1) is 0 Å². The highest BCUT2D eigenvalue weighted by Gasteiger charge is 2.15. The molecule has 0 aromatic heterocycles. The van der Waals surface area contributed by atoms with Gasteiger partial charge in [0, 0.05) is 24.7 Å². The minimum atomic E-state index is -0.460. The Hall–Kier alpha value is -3.08. The Bertz CT molecular complexity index is 865. The lowest BCUT2D eigenvalue weighted by molar-refractivity contribution is -0.154. The molecule has 0 spiro atoms. The third-order valence-electron chi connectivity index (χ3n) is 4.07. The summed E-state index contributed by atoms with van der Waals surface area (Å²) in [5.74, 6) is -0.579. The lowest BCUT2D eigenvalue weighted by Crippen LogP contribution is -2.24. The van der Waals surface area contributed by atoms with Gasteiger partial charge in [-0.2, -0.15) is 0 Å². The molecule has 0 heterocycles. The molecule has 0 saturated heterocycles. The van der Waals surface area contributed by atoms with Crippen LogP contribution in [-0.2, 0) is 32.0 Å². The molecular formula is C24H29NO4. The Morgan fingerprint density at radius 3 is 2.48 bits per heavy atom. The predicted octanol–water partition coefficient (Wildman–Crippen LogP) is 4.76. The molecule has 1 N–H and O–H groups in total. The Morgan fingerprint density at radius 2 is 1.76 bits per heavy atom.